The summed E-state index contributed by atoms with van der Waals surface area (Å²) in [5.41, 5.74) is 0.133. The molecular weight excluding hydrogens is 221 g/mol. The second kappa shape index (κ2) is 5.85. The van der Waals surface area contributed by atoms with Crippen molar-refractivity contribution in [1.82, 2.24) is 4.90 Å². The minimum Gasteiger partial charge on any atom is -0.324 e. The van der Waals surface area contributed by atoms with Gasteiger partial charge in [0.25, 0.3) is 0 Å². The van der Waals surface area contributed by atoms with Crippen LogP contribution in [0.1, 0.15) is 13.3 Å². The maximum absolute atomic E-state index is 13.3. The number of carbonyl (C=O) groups excluding carboxylic acids is 1. The predicted molar refractivity (Wildman–Crippen MR) is 62.9 cm³/mol. The van der Waals surface area contributed by atoms with Gasteiger partial charge < -0.3 is 10.2 Å². The van der Waals surface area contributed by atoms with Gasteiger partial charge in [-0.05, 0) is 19.1 Å². The number of anilines is 1. The summed E-state index contributed by atoms with van der Waals surface area (Å²) in [6.07, 6.45) is 0.237. The van der Waals surface area contributed by atoms with E-state index >= 15 is 0 Å². The van der Waals surface area contributed by atoms with Crippen LogP contribution in [0, 0.1) is 17.1 Å². The molecule has 17 heavy (non-hydrogen) atoms. The summed E-state index contributed by atoms with van der Waals surface area (Å²) in [4.78, 5) is 13.1. The molecule has 1 rings (SSSR count). The number of nitrogens with zero attached hydrogens (tertiary/aromatic N) is 2. The molecule has 0 aromatic heterocycles. The number of hydrogen-bond acceptors (Lipinski definition) is 2. The van der Waals surface area contributed by atoms with Crippen LogP contribution in [0.3, 0.4) is 0 Å². The lowest BCUT2D eigenvalue weighted by molar-refractivity contribution is 0.208. The van der Waals surface area contributed by atoms with Crippen LogP contribution in [0.15, 0.2) is 24.3 Å². The van der Waals surface area contributed by atoms with Crippen LogP contribution >= 0.6 is 0 Å². The molecular formula is C12H14FN3O. The molecule has 5 heteroatoms. The summed E-state index contributed by atoms with van der Waals surface area (Å²) in [5, 5.41) is 11.0. The highest BCUT2D eigenvalue weighted by Crippen LogP contribution is 2.13. The standard InChI is InChI=1S/C12H14FN3O/c1-9(7-8-14)16(2)12(17)15-11-6-4-3-5-10(11)13/h3-6,9H,7H2,1-2H3,(H,15,17). The summed E-state index contributed by atoms with van der Waals surface area (Å²) < 4.78 is 13.3. The van der Waals surface area contributed by atoms with E-state index in [2.05, 4.69) is 5.32 Å². The average Bonchev–Trinajstić information content (AvgIpc) is 2.31. The van der Waals surface area contributed by atoms with E-state index in [0.29, 0.717) is 0 Å². The van der Waals surface area contributed by atoms with Crippen molar-refractivity contribution in [2.45, 2.75) is 19.4 Å². The molecule has 0 saturated carbocycles. The van der Waals surface area contributed by atoms with Crippen molar-refractivity contribution in [2.24, 2.45) is 0 Å². The number of hydrogen-bond donors (Lipinski definition) is 1. The summed E-state index contributed by atoms with van der Waals surface area (Å²) >= 11 is 0. The topological polar surface area (TPSA) is 56.1 Å². The van der Waals surface area contributed by atoms with Crippen molar-refractivity contribution < 1.29 is 9.18 Å². The number of carbonyl (C=O) groups is 1. The SMILES string of the molecule is CC(CC#N)N(C)C(=O)Nc1ccccc1F. The first-order chi connectivity index (χ1) is 8.06. The number of benzene rings is 1. The molecule has 4 nitrogen and oxygen atoms in total. The van der Waals surface area contributed by atoms with Crippen LogP contribution in [0.4, 0.5) is 14.9 Å². The molecule has 1 unspecified atom stereocenters. The molecule has 0 spiro atoms. The van der Waals surface area contributed by atoms with Crippen molar-refractivity contribution in [2.75, 3.05) is 12.4 Å². The van der Waals surface area contributed by atoms with Gasteiger partial charge in [0.2, 0.25) is 0 Å². The lowest BCUT2D eigenvalue weighted by atomic mass is 10.2. The second-order valence-corrected chi connectivity index (χ2v) is 3.73. The fourth-order valence-corrected chi connectivity index (χ4v) is 1.24. The molecule has 1 aromatic rings. The molecule has 0 bridgehead atoms. The molecule has 0 saturated heterocycles. The van der Waals surface area contributed by atoms with Crippen LogP contribution in [-0.2, 0) is 0 Å². The van der Waals surface area contributed by atoms with Crippen molar-refractivity contribution in [3.63, 3.8) is 0 Å². The highest BCUT2D eigenvalue weighted by molar-refractivity contribution is 5.89. The minimum absolute atomic E-state index is 0.133. The van der Waals surface area contributed by atoms with Gasteiger partial charge in [-0.25, -0.2) is 9.18 Å². The smallest absolute Gasteiger partial charge is 0.321 e. The van der Waals surface area contributed by atoms with E-state index < -0.39 is 11.8 Å². The Morgan fingerprint density at radius 2 is 2.24 bits per heavy atom. The van der Waals surface area contributed by atoms with Gasteiger partial charge in [-0.3, -0.25) is 0 Å². The monoisotopic (exact) mass is 235 g/mol. The maximum Gasteiger partial charge on any atom is 0.321 e. The Morgan fingerprint density at radius 3 is 2.82 bits per heavy atom. The Labute approximate surface area is 99.7 Å². The van der Waals surface area contributed by atoms with Crippen LogP contribution in [-0.4, -0.2) is 24.0 Å². The Balaban J connectivity index is 2.67. The third-order valence-electron chi connectivity index (χ3n) is 2.48. The van der Waals surface area contributed by atoms with E-state index in [1.54, 1.807) is 26.1 Å². The number of rotatable bonds is 3. The summed E-state index contributed by atoms with van der Waals surface area (Å²) in [6, 6.07) is 7.27. The van der Waals surface area contributed by atoms with Gasteiger partial charge in [0.1, 0.15) is 5.82 Å². The number of para-hydroxylation sites is 1. The Kier molecular flexibility index (Phi) is 4.46. The van der Waals surface area contributed by atoms with E-state index in [4.69, 9.17) is 5.26 Å². The van der Waals surface area contributed by atoms with E-state index in [1.165, 1.54) is 17.0 Å². The third kappa shape index (κ3) is 3.45. The highest BCUT2D eigenvalue weighted by atomic mass is 19.1. The quantitative estimate of drug-likeness (QED) is 0.875. The molecule has 0 aliphatic heterocycles. The summed E-state index contributed by atoms with van der Waals surface area (Å²) in [5.74, 6) is -0.484. The number of urea groups is 1. The minimum atomic E-state index is -0.484. The molecule has 90 valence electrons. The van der Waals surface area contributed by atoms with E-state index in [1.807, 2.05) is 6.07 Å². The van der Waals surface area contributed by atoms with Gasteiger partial charge in [0.15, 0.2) is 0 Å². The van der Waals surface area contributed by atoms with Gasteiger partial charge in [0.05, 0.1) is 18.2 Å². The third-order valence-corrected chi connectivity index (χ3v) is 2.48. The van der Waals surface area contributed by atoms with E-state index in [-0.39, 0.29) is 18.2 Å². The van der Waals surface area contributed by atoms with Gasteiger partial charge in [-0.15, -0.1) is 0 Å². The van der Waals surface area contributed by atoms with Crippen LogP contribution in [0.5, 0.6) is 0 Å². The average molecular weight is 235 g/mol. The van der Waals surface area contributed by atoms with Crippen LogP contribution in [0.25, 0.3) is 0 Å². The molecule has 2 amide bonds. The van der Waals surface area contributed by atoms with Gasteiger partial charge >= 0.3 is 6.03 Å². The van der Waals surface area contributed by atoms with Crippen LogP contribution < -0.4 is 5.32 Å². The van der Waals surface area contributed by atoms with E-state index in [9.17, 15) is 9.18 Å². The lowest BCUT2D eigenvalue weighted by Crippen LogP contribution is -2.38. The predicted octanol–water partition coefficient (Wildman–Crippen LogP) is 2.59. The zero-order valence-electron chi connectivity index (χ0n) is 9.77. The maximum atomic E-state index is 13.3. The fourth-order valence-electron chi connectivity index (χ4n) is 1.24. The molecule has 1 N–H and O–H groups in total. The zero-order valence-corrected chi connectivity index (χ0v) is 9.77. The fraction of sp³-hybridized carbons (Fsp3) is 0.333. The first-order valence-electron chi connectivity index (χ1n) is 5.21. The van der Waals surface area contributed by atoms with Crippen molar-refractivity contribution >= 4 is 11.7 Å². The highest BCUT2D eigenvalue weighted by Gasteiger charge is 2.16. The Hall–Kier alpha value is -2.09. The molecule has 0 aliphatic carbocycles. The van der Waals surface area contributed by atoms with Crippen molar-refractivity contribution in [3.8, 4) is 6.07 Å². The Bertz CT molecular complexity index is 442. The largest absolute Gasteiger partial charge is 0.324 e. The second-order valence-electron chi connectivity index (χ2n) is 3.73. The van der Waals surface area contributed by atoms with Crippen molar-refractivity contribution in [3.05, 3.63) is 30.1 Å². The molecule has 1 atom stereocenters. The Morgan fingerprint density at radius 1 is 1.59 bits per heavy atom. The molecule has 1 aromatic carbocycles. The number of amides is 2. The van der Waals surface area contributed by atoms with Gasteiger partial charge in [-0.1, -0.05) is 12.1 Å². The molecule has 0 radical (unpaired) electrons. The normalized spacial score (nSPS) is 11.4. The first-order valence-corrected chi connectivity index (χ1v) is 5.21. The molecule has 0 aliphatic rings. The summed E-state index contributed by atoms with van der Waals surface area (Å²) in [6.45, 7) is 1.75. The molecule has 0 fully saturated rings. The lowest BCUT2D eigenvalue weighted by Gasteiger charge is -2.23. The summed E-state index contributed by atoms with van der Waals surface area (Å²) in [7, 11) is 1.57. The van der Waals surface area contributed by atoms with Gasteiger partial charge in [-0.2, -0.15) is 5.26 Å². The molecule has 0 heterocycles. The first kappa shape index (κ1) is 13.0. The van der Waals surface area contributed by atoms with Crippen LogP contribution in [0.2, 0.25) is 0 Å². The zero-order chi connectivity index (χ0) is 12.8. The number of nitrogens with one attached hydrogen (secondary N) is 1. The van der Waals surface area contributed by atoms with Gasteiger partial charge in [0, 0.05) is 13.1 Å². The van der Waals surface area contributed by atoms with Crippen molar-refractivity contribution in [1.29, 1.82) is 5.26 Å². The number of nitriles is 1. The van der Waals surface area contributed by atoms with E-state index in [0.717, 1.165) is 0 Å². The number of halogens is 1.